The zero-order valence-electron chi connectivity index (χ0n) is 12.6. The molecule has 0 radical (unpaired) electrons. The maximum absolute atomic E-state index is 14.0. The van der Waals surface area contributed by atoms with Gasteiger partial charge in [0.1, 0.15) is 11.6 Å². The van der Waals surface area contributed by atoms with Crippen LogP contribution in [0.2, 0.25) is 0 Å². The highest BCUT2D eigenvalue weighted by Crippen LogP contribution is 2.28. The first-order valence-corrected chi connectivity index (χ1v) is 7.47. The van der Waals surface area contributed by atoms with Crippen molar-refractivity contribution in [2.75, 3.05) is 26.2 Å². The van der Waals surface area contributed by atoms with Crippen LogP contribution in [0.25, 0.3) is 0 Å². The normalized spacial score (nSPS) is 18.4. The van der Waals surface area contributed by atoms with Crippen molar-refractivity contribution >= 4 is 5.91 Å². The van der Waals surface area contributed by atoms with Crippen LogP contribution in [0.4, 0.5) is 8.78 Å². The minimum Gasteiger partial charge on any atom is -0.342 e. The van der Waals surface area contributed by atoms with Crippen LogP contribution in [0, 0.1) is 11.6 Å². The number of halogens is 2. The van der Waals surface area contributed by atoms with Gasteiger partial charge in [0.2, 0.25) is 5.91 Å². The van der Waals surface area contributed by atoms with Crippen molar-refractivity contribution in [3.63, 3.8) is 0 Å². The molecule has 1 heterocycles. The third kappa shape index (κ3) is 3.79. The molecule has 21 heavy (non-hydrogen) atoms. The second kappa shape index (κ2) is 6.98. The first-order chi connectivity index (χ1) is 10.0. The predicted octanol–water partition coefficient (Wildman–Crippen LogP) is 2.97. The highest BCUT2D eigenvalue weighted by Gasteiger charge is 2.25. The Morgan fingerprint density at radius 3 is 2.62 bits per heavy atom. The summed E-state index contributed by atoms with van der Waals surface area (Å²) in [6, 6.07) is 3.71. The SMILES string of the molecule is CCC(c1ccc(F)cc1F)N1CCCN(C(C)=O)CC1. The molecule has 1 amide bonds. The molecule has 0 N–H and O–H groups in total. The Bertz CT molecular complexity index is 507. The highest BCUT2D eigenvalue weighted by atomic mass is 19.1. The maximum Gasteiger partial charge on any atom is 0.219 e. The molecule has 1 aliphatic rings. The molecule has 3 nitrogen and oxygen atoms in total. The van der Waals surface area contributed by atoms with Crippen LogP contribution >= 0.6 is 0 Å². The molecule has 1 aromatic rings. The summed E-state index contributed by atoms with van der Waals surface area (Å²) in [6.07, 6.45) is 1.63. The molecule has 0 spiro atoms. The summed E-state index contributed by atoms with van der Waals surface area (Å²) in [4.78, 5) is 15.5. The molecule has 1 aliphatic heterocycles. The number of carbonyl (C=O) groups excluding carboxylic acids is 1. The first kappa shape index (κ1) is 15.9. The van der Waals surface area contributed by atoms with Gasteiger partial charge in [0.25, 0.3) is 0 Å². The Morgan fingerprint density at radius 1 is 1.24 bits per heavy atom. The molecule has 1 unspecified atom stereocenters. The van der Waals surface area contributed by atoms with E-state index in [0.29, 0.717) is 12.1 Å². The molecule has 5 heteroatoms. The zero-order valence-corrected chi connectivity index (χ0v) is 12.6. The van der Waals surface area contributed by atoms with Crippen LogP contribution in [-0.2, 0) is 4.79 Å². The Morgan fingerprint density at radius 2 is 2.00 bits per heavy atom. The lowest BCUT2D eigenvalue weighted by Crippen LogP contribution is -2.35. The van der Waals surface area contributed by atoms with E-state index in [1.807, 2.05) is 11.8 Å². The second-order valence-corrected chi connectivity index (χ2v) is 5.49. The van der Waals surface area contributed by atoms with Crippen LogP contribution in [-0.4, -0.2) is 41.9 Å². The second-order valence-electron chi connectivity index (χ2n) is 5.49. The van der Waals surface area contributed by atoms with Crippen LogP contribution in [0.1, 0.15) is 38.3 Å². The summed E-state index contributed by atoms with van der Waals surface area (Å²) in [6.45, 7) is 6.52. The number of benzene rings is 1. The van der Waals surface area contributed by atoms with Crippen molar-refractivity contribution < 1.29 is 13.6 Å². The zero-order chi connectivity index (χ0) is 15.4. The van der Waals surface area contributed by atoms with Crippen molar-refractivity contribution in [1.29, 1.82) is 0 Å². The van der Waals surface area contributed by atoms with Crippen LogP contribution in [0.5, 0.6) is 0 Å². The number of amides is 1. The molecule has 2 rings (SSSR count). The average molecular weight is 296 g/mol. The summed E-state index contributed by atoms with van der Waals surface area (Å²) in [5, 5.41) is 0. The van der Waals surface area contributed by atoms with Gasteiger partial charge in [0.15, 0.2) is 0 Å². The Hall–Kier alpha value is -1.49. The molecule has 0 aliphatic carbocycles. The number of hydrogen-bond acceptors (Lipinski definition) is 2. The van der Waals surface area contributed by atoms with Crippen LogP contribution in [0.3, 0.4) is 0 Å². The number of nitrogens with zero attached hydrogens (tertiary/aromatic N) is 2. The Kier molecular flexibility index (Phi) is 5.28. The van der Waals surface area contributed by atoms with Gasteiger partial charge in [-0.1, -0.05) is 13.0 Å². The van der Waals surface area contributed by atoms with E-state index in [4.69, 9.17) is 0 Å². The fourth-order valence-corrected chi connectivity index (χ4v) is 3.01. The standard InChI is InChI=1S/C16H22F2N2O/c1-3-16(14-6-5-13(17)11-15(14)18)20-8-4-7-19(9-10-20)12(2)21/h5-6,11,16H,3-4,7-10H2,1-2H3. The fraction of sp³-hybridized carbons (Fsp3) is 0.562. The van der Waals surface area contributed by atoms with E-state index < -0.39 is 11.6 Å². The van der Waals surface area contributed by atoms with Crippen molar-refractivity contribution in [2.45, 2.75) is 32.7 Å². The van der Waals surface area contributed by atoms with Crippen molar-refractivity contribution in [3.8, 4) is 0 Å². The fourth-order valence-electron chi connectivity index (χ4n) is 3.01. The van der Waals surface area contributed by atoms with Gasteiger partial charge in [-0.05, 0) is 18.9 Å². The van der Waals surface area contributed by atoms with E-state index in [1.165, 1.54) is 12.1 Å². The van der Waals surface area contributed by atoms with Gasteiger partial charge in [-0.3, -0.25) is 9.69 Å². The molecular weight excluding hydrogens is 274 g/mol. The average Bonchev–Trinajstić information content (AvgIpc) is 2.68. The van der Waals surface area contributed by atoms with E-state index in [0.717, 1.165) is 38.5 Å². The lowest BCUT2D eigenvalue weighted by molar-refractivity contribution is -0.128. The van der Waals surface area contributed by atoms with E-state index in [1.54, 1.807) is 6.92 Å². The Labute approximate surface area is 124 Å². The molecule has 1 atom stereocenters. The van der Waals surface area contributed by atoms with E-state index >= 15 is 0 Å². The molecule has 1 fully saturated rings. The summed E-state index contributed by atoms with van der Waals surface area (Å²) in [5.41, 5.74) is 0.537. The van der Waals surface area contributed by atoms with Gasteiger partial charge in [0.05, 0.1) is 0 Å². The summed E-state index contributed by atoms with van der Waals surface area (Å²) in [7, 11) is 0. The molecule has 0 aromatic heterocycles. The highest BCUT2D eigenvalue weighted by molar-refractivity contribution is 5.73. The minimum atomic E-state index is -0.551. The summed E-state index contributed by atoms with van der Waals surface area (Å²) in [5.74, 6) is -0.961. The third-order valence-electron chi connectivity index (χ3n) is 4.12. The van der Waals surface area contributed by atoms with E-state index in [9.17, 15) is 13.6 Å². The largest absolute Gasteiger partial charge is 0.342 e. The molecule has 1 aromatic carbocycles. The minimum absolute atomic E-state index is 0.0718. The topological polar surface area (TPSA) is 23.6 Å². The van der Waals surface area contributed by atoms with Gasteiger partial charge < -0.3 is 4.90 Å². The lowest BCUT2D eigenvalue weighted by atomic mass is 10.0. The molecular formula is C16H22F2N2O. The van der Waals surface area contributed by atoms with Crippen LogP contribution in [0.15, 0.2) is 18.2 Å². The number of rotatable bonds is 3. The molecule has 1 saturated heterocycles. The van der Waals surface area contributed by atoms with Crippen molar-refractivity contribution in [2.24, 2.45) is 0 Å². The van der Waals surface area contributed by atoms with Crippen molar-refractivity contribution in [1.82, 2.24) is 9.80 Å². The first-order valence-electron chi connectivity index (χ1n) is 7.47. The molecule has 116 valence electrons. The van der Waals surface area contributed by atoms with E-state index in [-0.39, 0.29) is 11.9 Å². The van der Waals surface area contributed by atoms with Gasteiger partial charge in [-0.15, -0.1) is 0 Å². The third-order valence-corrected chi connectivity index (χ3v) is 4.12. The Balaban J connectivity index is 2.15. The number of hydrogen-bond donors (Lipinski definition) is 0. The summed E-state index contributed by atoms with van der Waals surface area (Å²) >= 11 is 0. The maximum atomic E-state index is 14.0. The molecule has 0 bridgehead atoms. The lowest BCUT2D eigenvalue weighted by Gasteiger charge is -2.30. The van der Waals surface area contributed by atoms with E-state index in [2.05, 4.69) is 4.90 Å². The van der Waals surface area contributed by atoms with Gasteiger partial charge in [0, 0.05) is 50.8 Å². The van der Waals surface area contributed by atoms with Gasteiger partial charge in [-0.25, -0.2) is 8.78 Å². The van der Waals surface area contributed by atoms with Crippen LogP contribution < -0.4 is 0 Å². The quantitative estimate of drug-likeness (QED) is 0.856. The smallest absolute Gasteiger partial charge is 0.219 e. The van der Waals surface area contributed by atoms with Gasteiger partial charge >= 0.3 is 0 Å². The van der Waals surface area contributed by atoms with Gasteiger partial charge in [-0.2, -0.15) is 0 Å². The predicted molar refractivity (Wildman–Crippen MR) is 77.8 cm³/mol. The monoisotopic (exact) mass is 296 g/mol. The van der Waals surface area contributed by atoms with Crippen molar-refractivity contribution in [3.05, 3.63) is 35.4 Å². The summed E-state index contributed by atoms with van der Waals surface area (Å²) < 4.78 is 27.1. The molecule has 0 saturated carbocycles. The number of carbonyl (C=O) groups is 1.